The third kappa shape index (κ3) is 3.08. The molecular weight excluding hydrogens is 254 g/mol. The highest BCUT2D eigenvalue weighted by Crippen LogP contribution is 2.31. The standard InChI is InChI=1S/C16H15NO3/c1-11(18)15-8-3-12(10-17)9-16(15)20-14-6-4-13(19-2)5-7-14/h3-9,11,18H,1-2H3/t11-/m1/s1. The lowest BCUT2D eigenvalue weighted by Crippen LogP contribution is -1.97. The molecule has 0 amide bonds. The summed E-state index contributed by atoms with van der Waals surface area (Å²) in [5, 5.41) is 18.7. The van der Waals surface area contributed by atoms with Crippen molar-refractivity contribution in [2.75, 3.05) is 7.11 Å². The number of ether oxygens (including phenoxy) is 2. The number of rotatable bonds is 4. The maximum absolute atomic E-state index is 9.75. The molecule has 0 unspecified atom stereocenters. The van der Waals surface area contributed by atoms with Gasteiger partial charge in [0.25, 0.3) is 0 Å². The van der Waals surface area contributed by atoms with E-state index in [9.17, 15) is 5.11 Å². The van der Waals surface area contributed by atoms with Gasteiger partial charge in [-0.3, -0.25) is 0 Å². The van der Waals surface area contributed by atoms with Gasteiger partial charge in [0.05, 0.1) is 24.8 Å². The minimum absolute atomic E-state index is 0.476. The van der Waals surface area contributed by atoms with Crippen LogP contribution in [0.25, 0.3) is 0 Å². The Morgan fingerprint density at radius 2 is 1.75 bits per heavy atom. The zero-order valence-electron chi connectivity index (χ0n) is 11.3. The topological polar surface area (TPSA) is 62.5 Å². The molecule has 0 fully saturated rings. The van der Waals surface area contributed by atoms with Crippen molar-refractivity contribution in [2.45, 2.75) is 13.0 Å². The molecule has 2 rings (SSSR count). The first-order chi connectivity index (χ1) is 9.63. The first-order valence-corrected chi connectivity index (χ1v) is 6.18. The summed E-state index contributed by atoms with van der Waals surface area (Å²) in [6.07, 6.45) is -0.670. The van der Waals surface area contributed by atoms with Gasteiger partial charge in [0.15, 0.2) is 0 Å². The van der Waals surface area contributed by atoms with E-state index >= 15 is 0 Å². The first kappa shape index (κ1) is 13.9. The molecule has 102 valence electrons. The van der Waals surface area contributed by atoms with Crippen LogP contribution in [0.3, 0.4) is 0 Å². The highest BCUT2D eigenvalue weighted by molar-refractivity contribution is 5.46. The Hall–Kier alpha value is -2.51. The molecule has 4 nitrogen and oxygen atoms in total. The molecule has 0 spiro atoms. The zero-order chi connectivity index (χ0) is 14.5. The van der Waals surface area contributed by atoms with E-state index in [0.717, 1.165) is 5.75 Å². The maximum atomic E-state index is 9.75. The van der Waals surface area contributed by atoms with Crippen LogP contribution in [-0.2, 0) is 0 Å². The van der Waals surface area contributed by atoms with E-state index < -0.39 is 6.10 Å². The minimum atomic E-state index is -0.670. The molecule has 0 aliphatic carbocycles. The monoisotopic (exact) mass is 269 g/mol. The summed E-state index contributed by atoms with van der Waals surface area (Å²) in [7, 11) is 1.60. The van der Waals surface area contributed by atoms with Crippen LogP contribution in [0.15, 0.2) is 42.5 Å². The lowest BCUT2D eigenvalue weighted by atomic mass is 10.1. The van der Waals surface area contributed by atoms with Crippen molar-refractivity contribution in [3.63, 3.8) is 0 Å². The molecule has 2 aromatic rings. The Morgan fingerprint density at radius 1 is 1.10 bits per heavy atom. The highest BCUT2D eigenvalue weighted by atomic mass is 16.5. The van der Waals surface area contributed by atoms with Crippen LogP contribution < -0.4 is 9.47 Å². The van der Waals surface area contributed by atoms with Gasteiger partial charge >= 0.3 is 0 Å². The third-order valence-electron chi connectivity index (χ3n) is 2.88. The van der Waals surface area contributed by atoms with Crippen molar-refractivity contribution in [3.8, 4) is 23.3 Å². The van der Waals surface area contributed by atoms with E-state index in [2.05, 4.69) is 6.07 Å². The van der Waals surface area contributed by atoms with Crippen molar-refractivity contribution in [1.29, 1.82) is 5.26 Å². The van der Waals surface area contributed by atoms with E-state index in [1.165, 1.54) is 0 Å². The smallest absolute Gasteiger partial charge is 0.134 e. The van der Waals surface area contributed by atoms with Gasteiger partial charge in [0, 0.05) is 5.56 Å². The van der Waals surface area contributed by atoms with E-state index in [1.807, 2.05) is 0 Å². The molecule has 0 aliphatic rings. The lowest BCUT2D eigenvalue weighted by Gasteiger charge is -2.13. The Labute approximate surface area is 117 Å². The van der Waals surface area contributed by atoms with Gasteiger partial charge in [0.1, 0.15) is 17.2 Å². The molecule has 4 heteroatoms. The lowest BCUT2D eigenvalue weighted by molar-refractivity contribution is 0.195. The Morgan fingerprint density at radius 3 is 2.30 bits per heavy atom. The summed E-state index contributed by atoms with van der Waals surface area (Å²) in [6, 6.07) is 14.1. The molecule has 0 heterocycles. The molecule has 0 bridgehead atoms. The number of aliphatic hydroxyl groups excluding tert-OH is 1. The molecule has 0 radical (unpaired) electrons. The number of methoxy groups -OCH3 is 1. The van der Waals surface area contributed by atoms with E-state index in [4.69, 9.17) is 14.7 Å². The van der Waals surface area contributed by atoms with Gasteiger partial charge < -0.3 is 14.6 Å². The average molecular weight is 269 g/mol. The summed E-state index contributed by atoms with van der Waals surface area (Å²) >= 11 is 0. The number of aliphatic hydroxyl groups is 1. The van der Waals surface area contributed by atoms with Crippen LogP contribution in [0.2, 0.25) is 0 Å². The summed E-state index contributed by atoms with van der Waals surface area (Å²) in [6.45, 7) is 1.66. The second-order valence-electron chi connectivity index (χ2n) is 4.32. The van der Waals surface area contributed by atoms with Gasteiger partial charge in [0.2, 0.25) is 0 Å². The largest absolute Gasteiger partial charge is 0.497 e. The fourth-order valence-electron chi connectivity index (χ4n) is 1.81. The van der Waals surface area contributed by atoms with Gasteiger partial charge in [-0.1, -0.05) is 6.07 Å². The molecule has 0 saturated carbocycles. The highest BCUT2D eigenvalue weighted by Gasteiger charge is 2.11. The number of hydrogen-bond acceptors (Lipinski definition) is 4. The summed E-state index contributed by atoms with van der Waals surface area (Å²) in [4.78, 5) is 0. The second-order valence-corrected chi connectivity index (χ2v) is 4.32. The Kier molecular flexibility index (Phi) is 4.24. The van der Waals surface area contributed by atoms with E-state index in [0.29, 0.717) is 22.6 Å². The van der Waals surface area contributed by atoms with E-state index in [1.54, 1.807) is 56.5 Å². The first-order valence-electron chi connectivity index (χ1n) is 6.18. The van der Waals surface area contributed by atoms with Crippen LogP contribution in [-0.4, -0.2) is 12.2 Å². The van der Waals surface area contributed by atoms with Crippen LogP contribution in [0.1, 0.15) is 24.2 Å². The fraction of sp³-hybridized carbons (Fsp3) is 0.188. The Bertz CT molecular complexity index is 627. The molecule has 20 heavy (non-hydrogen) atoms. The normalized spacial score (nSPS) is 11.5. The van der Waals surface area contributed by atoms with Crippen LogP contribution in [0.4, 0.5) is 0 Å². The fourth-order valence-corrected chi connectivity index (χ4v) is 1.81. The summed E-state index contributed by atoms with van der Waals surface area (Å²) in [5.74, 6) is 1.82. The van der Waals surface area contributed by atoms with Crippen molar-refractivity contribution in [3.05, 3.63) is 53.6 Å². The third-order valence-corrected chi connectivity index (χ3v) is 2.88. The van der Waals surface area contributed by atoms with Gasteiger partial charge in [-0.15, -0.1) is 0 Å². The predicted octanol–water partition coefficient (Wildman–Crippen LogP) is 3.41. The second kappa shape index (κ2) is 6.09. The van der Waals surface area contributed by atoms with Gasteiger partial charge in [-0.05, 0) is 43.3 Å². The molecule has 1 N–H and O–H groups in total. The number of hydrogen-bond donors (Lipinski definition) is 1. The summed E-state index contributed by atoms with van der Waals surface area (Å²) in [5.41, 5.74) is 1.12. The number of benzene rings is 2. The van der Waals surface area contributed by atoms with Crippen LogP contribution in [0.5, 0.6) is 17.2 Å². The maximum Gasteiger partial charge on any atom is 0.134 e. The Balaban J connectivity index is 2.33. The quantitative estimate of drug-likeness (QED) is 0.923. The van der Waals surface area contributed by atoms with Crippen LogP contribution >= 0.6 is 0 Å². The SMILES string of the molecule is COc1ccc(Oc2cc(C#N)ccc2[C@@H](C)O)cc1. The van der Waals surface area contributed by atoms with Crippen molar-refractivity contribution < 1.29 is 14.6 Å². The average Bonchev–Trinajstić information content (AvgIpc) is 2.47. The minimum Gasteiger partial charge on any atom is -0.497 e. The predicted molar refractivity (Wildman–Crippen MR) is 74.9 cm³/mol. The summed E-state index contributed by atoms with van der Waals surface area (Å²) < 4.78 is 10.8. The molecule has 2 aromatic carbocycles. The molecule has 1 atom stereocenters. The van der Waals surface area contributed by atoms with Gasteiger partial charge in [-0.25, -0.2) is 0 Å². The van der Waals surface area contributed by atoms with Crippen molar-refractivity contribution in [1.82, 2.24) is 0 Å². The zero-order valence-corrected chi connectivity index (χ0v) is 11.3. The van der Waals surface area contributed by atoms with E-state index in [-0.39, 0.29) is 0 Å². The number of nitriles is 1. The van der Waals surface area contributed by atoms with Crippen LogP contribution in [0, 0.1) is 11.3 Å². The molecule has 0 aliphatic heterocycles. The molecular formula is C16H15NO3. The number of nitrogens with zero attached hydrogens (tertiary/aromatic N) is 1. The van der Waals surface area contributed by atoms with Crippen molar-refractivity contribution >= 4 is 0 Å². The molecule has 0 aromatic heterocycles. The van der Waals surface area contributed by atoms with Gasteiger partial charge in [-0.2, -0.15) is 5.26 Å². The van der Waals surface area contributed by atoms with Crippen molar-refractivity contribution in [2.24, 2.45) is 0 Å². The molecule has 0 saturated heterocycles.